The van der Waals surface area contributed by atoms with Gasteiger partial charge in [0.05, 0.1) is 0 Å². The molecule has 0 N–H and O–H groups in total. The van der Waals surface area contributed by atoms with Gasteiger partial charge in [-0.1, -0.05) is 301 Å². The Morgan fingerprint density at radius 3 is 0.348 bits per heavy atom. The number of fused-ring (bicyclic) bond motifs is 15. The van der Waals surface area contributed by atoms with Crippen molar-refractivity contribution in [3.05, 3.63) is 478 Å². The first kappa shape index (κ1) is 86.1. The highest BCUT2D eigenvalue weighted by atomic mass is 14.3. The van der Waals surface area contributed by atoms with E-state index < -0.39 is 0 Å². The molecule has 0 spiro atoms. The molecule has 21 rings (SSSR count). The molecule has 10 bridgehead atoms. The lowest BCUT2D eigenvalue weighted by Gasteiger charge is -2.20. The average Bonchev–Trinajstić information content (AvgIpc) is 1.74. The van der Waals surface area contributed by atoms with Gasteiger partial charge in [-0.2, -0.15) is 0 Å². The Kier molecular flexibility index (Phi) is 22.7. The van der Waals surface area contributed by atoms with E-state index in [0.29, 0.717) is 0 Å². The Balaban J connectivity index is 0.921. The summed E-state index contributed by atoms with van der Waals surface area (Å²) in [5, 5.41) is 0. The summed E-state index contributed by atoms with van der Waals surface area (Å²) in [4.78, 5) is 0. The van der Waals surface area contributed by atoms with Gasteiger partial charge in [0.1, 0.15) is 0 Å². The summed E-state index contributed by atoms with van der Waals surface area (Å²) in [5.74, 6) is 0. The average molecular weight is 1730 g/mol. The minimum absolute atomic E-state index is 1.10. The number of hydrogen-bond donors (Lipinski definition) is 0. The maximum absolute atomic E-state index is 2.51. The van der Waals surface area contributed by atoms with Crippen molar-refractivity contribution in [2.75, 3.05) is 0 Å². The van der Waals surface area contributed by atoms with E-state index in [0.717, 1.165) is 167 Å². The predicted octanol–water partition coefficient (Wildman–Crippen LogP) is 38.0. The molecular weight excluding hydrogens is 1620 g/mol. The molecule has 0 saturated heterocycles. The lowest BCUT2D eigenvalue weighted by atomic mass is 9.84. The summed E-state index contributed by atoms with van der Waals surface area (Å²) in [6.45, 7) is 33.8. The second-order valence-corrected chi connectivity index (χ2v) is 38.5. The maximum atomic E-state index is 2.51. The molecule has 0 saturated carbocycles. The van der Waals surface area contributed by atoms with Crippen molar-refractivity contribution in [3.63, 3.8) is 0 Å². The molecule has 0 amide bonds. The van der Waals surface area contributed by atoms with Crippen LogP contribution < -0.4 is 0 Å². The quantitative estimate of drug-likeness (QED) is 0.0960. The molecule has 1 aliphatic rings. The van der Waals surface area contributed by atoms with Gasteiger partial charge in [0, 0.05) is 0 Å². The molecule has 135 heavy (non-hydrogen) atoms. The van der Waals surface area contributed by atoms with Gasteiger partial charge in [-0.3, -0.25) is 0 Å². The van der Waals surface area contributed by atoms with Crippen LogP contribution in [0.15, 0.2) is 394 Å². The minimum atomic E-state index is 1.10. The smallest absolute Gasteiger partial charge is 0.00992 e. The molecule has 0 atom stereocenters. The SMILES string of the molecule is Cc1cc(C)c(-c2ccc(-c3cc4cc(c3)-c3cc(cc(-c5ccc(-c6c(C)cc(C)cc6C)cc5-c5ccccc5)c3)-c3cc(cc(-c5ccc(-c6c(C)cc(C)cc6C)cc5-c5ccccc5)c3)-c3cc(cc(-c5ccc(-c6c(C)cc(C)cc6C)cc5-c5ccccc5)c3)-c3cc-4cc(-c4ccc(-c5c(C)cc(C)cc5C)cc4-c4ccccc4)c3)c(-c3ccccc3)c2)c(C)c1. The molecule has 20 aromatic rings. The molecule has 0 heterocycles. The third kappa shape index (κ3) is 16.8. The molecule has 0 unspecified atom stereocenters. The minimum Gasteiger partial charge on any atom is -0.0622 e. The van der Waals surface area contributed by atoms with E-state index in [1.807, 2.05) is 0 Å². The van der Waals surface area contributed by atoms with Gasteiger partial charge in [-0.25, -0.2) is 0 Å². The van der Waals surface area contributed by atoms with E-state index in [4.69, 9.17) is 0 Å². The van der Waals surface area contributed by atoms with E-state index in [2.05, 4.69) is 498 Å². The molecule has 0 radical (unpaired) electrons. The number of benzene rings is 20. The summed E-state index contributed by atoms with van der Waals surface area (Å²) in [6, 6.07) is 153. The Morgan fingerprint density at radius 2 is 0.215 bits per heavy atom. The van der Waals surface area contributed by atoms with Crippen LogP contribution in [0.5, 0.6) is 0 Å². The first-order valence-electron chi connectivity index (χ1n) is 47.7. The van der Waals surface area contributed by atoms with Crippen molar-refractivity contribution in [2.24, 2.45) is 0 Å². The molecule has 0 fully saturated rings. The lowest BCUT2D eigenvalue weighted by Crippen LogP contribution is -1.95. The van der Waals surface area contributed by atoms with Gasteiger partial charge in [0.15, 0.2) is 0 Å². The highest BCUT2D eigenvalue weighted by molar-refractivity contribution is 6.02. The van der Waals surface area contributed by atoms with Gasteiger partial charge in [-0.15, -0.1) is 0 Å². The molecular formula is C135H110. The second-order valence-electron chi connectivity index (χ2n) is 38.5. The first-order chi connectivity index (χ1) is 65.5. The molecule has 650 valence electrons. The number of hydrogen-bond acceptors (Lipinski definition) is 0. The Bertz CT molecular complexity index is 6800. The predicted molar refractivity (Wildman–Crippen MR) is 580 cm³/mol. The fourth-order valence-electron chi connectivity index (χ4n) is 22.8. The molecule has 0 nitrogen and oxygen atoms in total. The molecule has 0 heteroatoms. The van der Waals surface area contributed by atoms with Gasteiger partial charge >= 0.3 is 0 Å². The first-order valence-corrected chi connectivity index (χ1v) is 47.7. The molecule has 1 aliphatic carbocycles. The third-order valence-corrected chi connectivity index (χ3v) is 28.2. The largest absolute Gasteiger partial charge is 0.0622 e. The van der Waals surface area contributed by atoms with Crippen molar-refractivity contribution >= 4 is 0 Å². The van der Waals surface area contributed by atoms with Crippen LogP contribution >= 0.6 is 0 Å². The fourth-order valence-corrected chi connectivity index (χ4v) is 22.8. The van der Waals surface area contributed by atoms with E-state index >= 15 is 0 Å². The standard InChI is InChI=1S/C135H110/c1-81-51-86(6)131(87(7)52-81)101-41-46-121(126(76-101)96-31-21-16-22-32-96)116-66-106-61-107(67-116)109-63-111(71-118(69-109)123-48-43-103(78-128(123)98-35-25-18-26-36-98)133-90(10)55-83(3)56-91(133)11)113-65-115(75-120(73-113)125-50-45-105(80-130(125)100-39-29-20-30-40-100)135-94(14)59-85(5)60-95(135)15)114-64-112(72-119(74-114)124-49-44-104(79-129(124)99-37-27-19-28-38-99)134-92(12)57-84(4)58-93(134)13)110-62-108(106)68-117(70-110)122-47-42-102(77-127(122)97-33-23-17-24-34-97)132-88(8)53-82(2)54-89(132)9/h16-80H,1-15H3. The fraction of sp³-hybridized carbons (Fsp3) is 0.111. The summed E-state index contributed by atoms with van der Waals surface area (Å²) in [6.07, 6.45) is 0. The monoisotopic (exact) mass is 1730 g/mol. The zero-order valence-electron chi connectivity index (χ0n) is 80.0. The van der Waals surface area contributed by atoms with Gasteiger partial charge in [0.2, 0.25) is 0 Å². The van der Waals surface area contributed by atoms with Crippen LogP contribution in [0.3, 0.4) is 0 Å². The van der Waals surface area contributed by atoms with E-state index in [1.165, 1.54) is 139 Å². The number of aryl methyl sites for hydroxylation is 15. The van der Waals surface area contributed by atoms with Crippen molar-refractivity contribution < 1.29 is 0 Å². The Hall–Kier alpha value is -15.6. The highest BCUT2D eigenvalue weighted by Crippen LogP contribution is 2.52. The van der Waals surface area contributed by atoms with Gasteiger partial charge in [0.25, 0.3) is 0 Å². The van der Waals surface area contributed by atoms with Crippen molar-refractivity contribution in [1.29, 1.82) is 0 Å². The molecule has 0 aromatic heterocycles. The van der Waals surface area contributed by atoms with Crippen LogP contribution in [0.2, 0.25) is 0 Å². The van der Waals surface area contributed by atoms with Crippen LogP contribution in [0.1, 0.15) is 83.5 Å². The van der Waals surface area contributed by atoms with Crippen molar-refractivity contribution in [1.82, 2.24) is 0 Å². The zero-order chi connectivity index (χ0) is 92.7. The summed E-state index contributed by atoms with van der Waals surface area (Å²) >= 11 is 0. The Morgan fingerprint density at radius 1 is 0.0889 bits per heavy atom. The van der Waals surface area contributed by atoms with Crippen LogP contribution in [0.4, 0.5) is 0 Å². The number of rotatable bonds is 15. The van der Waals surface area contributed by atoms with E-state index in [1.54, 1.807) is 0 Å². The van der Waals surface area contributed by atoms with Crippen LogP contribution in [0.25, 0.3) is 223 Å². The van der Waals surface area contributed by atoms with E-state index in [-0.39, 0.29) is 0 Å². The van der Waals surface area contributed by atoms with Gasteiger partial charge in [-0.05, 0) is 503 Å². The lowest BCUT2D eigenvalue weighted by molar-refractivity contribution is 1.32. The molecule has 20 aromatic carbocycles. The van der Waals surface area contributed by atoms with Crippen molar-refractivity contribution in [2.45, 2.75) is 104 Å². The summed E-state index contributed by atoms with van der Waals surface area (Å²) in [5.41, 5.74) is 65.1. The van der Waals surface area contributed by atoms with Crippen LogP contribution in [0, 0.1) is 104 Å². The summed E-state index contributed by atoms with van der Waals surface area (Å²) in [7, 11) is 0. The second kappa shape index (κ2) is 35.5. The normalized spacial score (nSPS) is 11.5. The topological polar surface area (TPSA) is 0 Å². The van der Waals surface area contributed by atoms with Gasteiger partial charge < -0.3 is 0 Å². The molecule has 0 aliphatic heterocycles. The zero-order valence-corrected chi connectivity index (χ0v) is 80.0. The van der Waals surface area contributed by atoms with E-state index in [9.17, 15) is 0 Å². The van der Waals surface area contributed by atoms with Crippen molar-refractivity contribution in [3.8, 4) is 223 Å². The summed E-state index contributed by atoms with van der Waals surface area (Å²) < 4.78 is 0. The highest BCUT2D eigenvalue weighted by Gasteiger charge is 2.26. The maximum Gasteiger partial charge on any atom is -0.00992 e. The third-order valence-electron chi connectivity index (χ3n) is 28.2. The van der Waals surface area contributed by atoms with Crippen LogP contribution in [-0.2, 0) is 0 Å². The Labute approximate surface area is 798 Å². The van der Waals surface area contributed by atoms with Crippen LogP contribution in [-0.4, -0.2) is 0 Å².